The lowest BCUT2D eigenvalue weighted by Crippen LogP contribution is -2.14. The molecule has 2 aromatic heterocycles. The highest BCUT2D eigenvalue weighted by molar-refractivity contribution is 5.68. The second-order valence-electron chi connectivity index (χ2n) is 5.74. The Morgan fingerprint density at radius 2 is 1.89 bits per heavy atom. The van der Waals surface area contributed by atoms with Gasteiger partial charge >= 0.3 is 5.92 Å². The third-order valence-electron chi connectivity index (χ3n) is 3.70. The number of methoxy groups -OCH3 is 1. The van der Waals surface area contributed by atoms with Crippen molar-refractivity contribution >= 4 is 11.5 Å². The number of benzene rings is 1. The normalized spacial score (nSPS) is 10.9. The summed E-state index contributed by atoms with van der Waals surface area (Å²) in [5.74, 6) is -3.20. The Bertz CT molecular complexity index is 994. The minimum Gasteiger partial charge on any atom is -0.493 e. The van der Waals surface area contributed by atoms with Crippen molar-refractivity contribution in [3.8, 4) is 23.1 Å². The first-order chi connectivity index (χ1) is 12.9. The van der Waals surface area contributed by atoms with E-state index in [2.05, 4.69) is 20.3 Å². The van der Waals surface area contributed by atoms with Crippen LogP contribution < -0.4 is 10.1 Å². The summed E-state index contributed by atoms with van der Waals surface area (Å²) in [5.41, 5.74) is 1.89. The molecule has 3 aromatic rings. The summed E-state index contributed by atoms with van der Waals surface area (Å²) in [6, 6.07) is 11.7. The van der Waals surface area contributed by atoms with E-state index < -0.39 is 11.7 Å². The molecule has 0 aliphatic rings. The maximum Gasteiger partial charge on any atom is 0.303 e. The van der Waals surface area contributed by atoms with E-state index in [1.807, 2.05) is 6.07 Å². The number of ether oxygens (including phenoxy) is 1. The molecule has 6 nitrogen and oxygen atoms in total. The van der Waals surface area contributed by atoms with Crippen LogP contribution in [0.3, 0.4) is 0 Å². The first-order valence-electron chi connectivity index (χ1n) is 7.93. The van der Waals surface area contributed by atoms with Gasteiger partial charge in [0.1, 0.15) is 5.82 Å². The molecular weight excluding hydrogens is 352 g/mol. The molecule has 0 saturated heterocycles. The fraction of sp³-hybridized carbons (Fsp3) is 0.158. The predicted molar refractivity (Wildman–Crippen MR) is 95.8 cm³/mol. The van der Waals surface area contributed by atoms with Gasteiger partial charge in [0.2, 0.25) is 5.82 Å². The molecule has 0 aliphatic heterocycles. The number of alkyl halides is 2. The predicted octanol–water partition coefficient (Wildman–Crippen LogP) is 4.27. The van der Waals surface area contributed by atoms with E-state index in [0.29, 0.717) is 28.3 Å². The van der Waals surface area contributed by atoms with Crippen LogP contribution >= 0.6 is 0 Å². The number of nitriles is 1. The van der Waals surface area contributed by atoms with Gasteiger partial charge in [0, 0.05) is 24.8 Å². The maximum atomic E-state index is 13.9. The number of aromatic nitrogens is 3. The zero-order valence-corrected chi connectivity index (χ0v) is 14.6. The first kappa shape index (κ1) is 18.2. The summed E-state index contributed by atoms with van der Waals surface area (Å²) in [5, 5.41) is 11.9. The summed E-state index contributed by atoms with van der Waals surface area (Å²) in [6.07, 6.45) is 3.04. The van der Waals surface area contributed by atoms with Crippen LogP contribution in [0.4, 0.5) is 20.3 Å². The number of pyridine rings is 1. The zero-order chi connectivity index (χ0) is 19.4. The SMILES string of the molecule is COc1cnccc1Nc1cc(-c2ccc(C#N)cc2)nc(C(C)(F)F)n1. The van der Waals surface area contributed by atoms with Crippen LogP contribution in [0.5, 0.6) is 5.75 Å². The van der Waals surface area contributed by atoms with Crippen LogP contribution in [0.1, 0.15) is 18.3 Å². The average Bonchev–Trinajstić information content (AvgIpc) is 2.67. The van der Waals surface area contributed by atoms with E-state index in [0.717, 1.165) is 6.92 Å². The Hall–Kier alpha value is -3.60. The molecule has 0 atom stereocenters. The maximum absolute atomic E-state index is 13.9. The third kappa shape index (κ3) is 4.15. The Labute approximate surface area is 154 Å². The van der Waals surface area contributed by atoms with Gasteiger partial charge in [-0.1, -0.05) is 12.1 Å². The van der Waals surface area contributed by atoms with Gasteiger partial charge in [-0.05, 0) is 18.2 Å². The largest absolute Gasteiger partial charge is 0.493 e. The molecule has 0 saturated carbocycles. The van der Waals surface area contributed by atoms with E-state index in [9.17, 15) is 8.78 Å². The summed E-state index contributed by atoms with van der Waals surface area (Å²) in [7, 11) is 1.48. The zero-order valence-electron chi connectivity index (χ0n) is 14.6. The molecule has 8 heteroatoms. The Morgan fingerprint density at radius 1 is 1.15 bits per heavy atom. The van der Waals surface area contributed by atoms with Gasteiger partial charge in [-0.25, -0.2) is 9.97 Å². The highest BCUT2D eigenvalue weighted by Gasteiger charge is 2.29. The summed E-state index contributed by atoms with van der Waals surface area (Å²) < 4.78 is 33.0. The lowest BCUT2D eigenvalue weighted by atomic mass is 10.1. The highest BCUT2D eigenvalue weighted by Crippen LogP contribution is 2.31. The molecular formula is C19H15F2N5O. The fourth-order valence-electron chi connectivity index (χ4n) is 2.35. The third-order valence-corrected chi connectivity index (χ3v) is 3.70. The van der Waals surface area contributed by atoms with Gasteiger partial charge in [-0.15, -0.1) is 0 Å². The second kappa shape index (κ2) is 7.33. The molecule has 0 aliphatic carbocycles. The monoisotopic (exact) mass is 367 g/mol. The first-order valence-corrected chi connectivity index (χ1v) is 7.93. The molecule has 0 unspecified atom stereocenters. The van der Waals surface area contributed by atoms with Gasteiger partial charge in [0.25, 0.3) is 0 Å². The average molecular weight is 367 g/mol. The number of nitrogens with one attached hydrogen (secondary N) is 1. The van der Waals surface area contributed by atoms with Gasteiger partial charge in [0.15, 0.2) is 5.75 Å². The van der Waals surface area contributed by atoms with Crippen LogP contribution in [0, 0.1) is 11.3 Å². The Morgan fingerprint density at radius 3 is 2.52 bits per heavy atom. The molecule has 0 radical (unpaired) electrons. The van der Waals surface area contributed by atoms with Gasteiger partial charge < -0.3 is 10.1 Å². The number of halogens is 2. The summed E-state index contributed by atoms with van der Waals surface area (Å²) in [6.45, 7) is 0.738. The van der Waals surface area contributed by atoms with Gasteiger partial charge in [0.05, 0.1) is 36.3 Å². The lowest BCUT2D eigenvalue weighted by Gasteiger charge is -2.15. The van der Waals surface area contributed by atoms with Crippen LogP contribution in [-0.2, 0) is 5.92 Å². The minimum absolute atomic E-state index is 0.186. The van der Waals surface area contributed by atoms with Crippen molar-refractivity contribution in [2.45, 2.75) is 12.8 Å². The van der Waals surface area contributed by atoms with Crippen molar-refractivity contribution in [1.82, 2.24) is 15.0 Å². The van der Waals surface area contributed by atoms with E-state index in [-0.39, 0.29) is 5.82 Å². The molecule has 3 rings (SSSR count). The van der Waals surface area contributed by atoms with Crippen molar-refractivity contribution in [3.05, 3.63) is 60.2 Å². The highest BCUT2D eigenvalue weighted by atomic mass is 19.3. The molecule has 1 N–H and O–H groups in total. The molecule has 0 spiro atoms. The van der Waals surface area contributed by atoms with E-state index in [1.54, 1.807) is 42.6 Å². The van der Waals surface area contributed by atoms with Crippen LogP contribution in [0.15, 0.2) is 48.8 Å². The van der Waals surface area contributed by atoms with Crippen molar-refractivity contribution in [3.63, 3.8) is 0 Å². The second-order valence-corrected chi connectivity index (χ2v) is 5.74. The number of anilines is 2. The fourth-order valence-corrected chi connectivity index (χ4v) is 2.35. The quantitative estimate of drug-likeness (QED) is 0.725. The molecule has 136 valence electrons. The standard InChI is InChI=1S/C19H15F2N5O/c1-19(20,21)18-25-15(13-5-3-12(10-22)4-6-13)9-17(26-18)24-14-7-8-23-11-16(14)27-2/h3-9,11H,1-2H3,(H,23,24,25,26). The number of nitrogens with zero attached hydrogens (tertiary/aromatic N) is 4. The Kier molecular flexibility index (Phi) is 4.94. The topological polar surface area (TPSA) is 83.7 Å². The number of rotatable bonds is 5. The molecule has 0 amide bonds. The molecule has 0 fully saturated rings. The molecule has 2 heterocycles. The molecule has 0 bridgehead atoms. The van der Waals surface area contributed by atoms with E-state index in [1.165, 1.54) is 13.3 Å². The van der Waals surface area contributed by atoms with E-state index in [4.69, 9.17) is 10.00 Å². The van der Waals surface area contributed by atoms with Crippen LogP contribution in [-0.4, -0.2) is 22.1 Å². The lowest BCUT2D eigenvalue weighted by molar-refractivity contribution is 0.00795. The van der Waals surface area contributed by atoms with Crippen molar-refractivity contribution in [2.24, 2.45) is 0 Å². The van der Waals surface area contributed by atoms with Crippen LogP contribution in [0.2, 0.25) is 0 Å². The molecule has 1 aromatic carbocycles. The smallest absolute Gasteiger partial charge is 0.303 e. The summed E-state index contributed by atoms with van der Waals surface area (Å²) >= 11 is 0. The van der Waals surface area contributed by atoms with Crippen molar-refractivity contribution in [2.75, 3.05) is 12.4 Å². The van der Waals surface area contributed by atoms with Gasteiger partial charge in [-0.3, -0.25) is 4.98 Å². The van der Waals surface area contributed by atoms with Crippen molar-refractivity contribution < 1.29 is 13.5 Å². The Balaban J connectivity index is 2.06. The van der Waals surface area contributed by atoms with E-state index >= 15 is 0 Å². The number of hydrogen-bond acceptors (Lipinski definition) is 6. The number of hydrogen-bond donors (Lipinski definition) is 1. The van der Waals surface area contributed by atoms with Crippen molar-refractivity contribution in [1.29, 1.82) is 5.26 Å². The minimum atomic E-state index is -3.22. The summed E-state index contributed by atoms with van der Waals surface area (Å²) in [4.78, 5) is 11.9. The van der Waals surface area contributed by atoms with Gasteiger partial charge in [-0.2, -0.15) is 14.0 Å². The molecule has 27 heavy (non-hydrogen) atoms. The van der Waals surface area contributed by atoms with Crippen LogP contribution in [0.25, 0.3) is 11.3 Å².